The predicted octanol–water partition coefficient (Wildman–Crippen LogP) is 2.53. The lowest BCUT2D eigenvalue weighted by Gasteiger charge is -2.33. The summed E-state index contributed by atoms with van der Waals surface area (Å²) in [7, 11) is 0. The molecule has 2 fully saturated rings. The maximum absolute atomic E-state index is 4.75. The van der Waals surface area contributed by atoms with Gasteiger partial charge in [-0.05, 0) is 38.7 Å². The lowest BCUT2D eigenvalue weighted by Crippen LogP contribution is -2.39. The molecule has 0 bridgehead atoms. The summed E-state index contributed by atoms with van der Waals surface area (Å²) >= 11 is 0. The summed E-state index contributed by atoms with van der Waals surface area (Å²) in [6.07, 6.45) is 8.19. The van der Waals surface area contributed by atoms with E-state index in [1.54, 1.807) is 6.33 Å². The van der Waals surface area contributed by atoms with Gasteiger partial charge in [-0.3, -0.25) is 0 Å². The van der Waals surface area contributed by atoms with Gasteiger partial charge < -0.3 is 10.2 Å². The number of rotatable bonds is 4. The number of aromatic nitrogens is 4. The molecule has 1 N–H and O–H groups in total. The highest BCUT2D eigenvalue weighted by Gasteiger charge is 2.27. The van der Waals surface area contributed by atoms with Gasteiger partial charge in [0.1, 0.15) is 23.8 Å². The number of piperidine rings is 1. The summed E-state index contributed by atoms with van der Waals surface area (Å²) in [6, 6.07) is 4.50. The summed E-state index contributed by atoms with van der Waals surface area (Å²) in [4.78, 5) is 20.0. The van der Waals surface area contributed by atoms with Gasteiger partial charge >= 0.3 is 0 Å². The summed E-state index contributed by atoms with van der Waals surface area (Å²) in [5.41, 5.74) is 0.994. The zero-order valence-electron chi connectivity index (χ0n) is 13.4. The van der Waals surface area contributed by atoms with Crippen LogP contribution in [0.4, 0.5) is 11.6 Å². The van der Waals surface area contributed by atoms with E-state index in [1.807, 2.05) is 25.3 Å². The average Bonchev–Trinajstić information content (AvgIpc) is 3.41. The highest BCUT2D eigenvalue weighted by atomic mass is 15.2. The van der Waals surface area contributed by atoms with Crippen LogP contribution in [0, 0.1) is 6.92 Å². The van der Waals surface area contributed by atoms with Crippen molar-refractivity contribution in [2.45, 2.75) is 44.6 Å². The van der Waals surface area contributed by atoms with Crippen molar-refractivity contribution in [2.24, 2.45) is 0 Å². The van der Waals surface area contributed by atoms with E-state index in [9.17, 15) is 0 Å². The quantitative estimate of drug-likeness (QED) is 0.936. The topological polar surface area (TPSA) is 66.8 Å². The van der Waals surface area contributed by atoms with Gasteiger partial charge in [-0.15, -0.1) is 0 Å². The van der Waals surface area contributed by atoms with Crippen molar-refractivity contribution in [2.75, 3.05) is 23.3 Å². The first-order chi connectivity index (χ1) is 11.3. The number of nitrogens with zero attached hydrogens (tertiary/aromatic N) is 5. The monoisotopic (exact) mass is 310 g/mol. The molecule has 6 nitrogen and oxygen atoms in total. The third kappa shape index (κ3) is 3.41. The highest BCUT2D eigenvalue weighted by molar-refractivity contribution is 5.40. The molecule has 3 heterocycles. The maximum Gasteiger partial charge on any atom is 0.133 e. The number of hydrogen-bond acceptors (Lipinski definition) is 6. The molecule has 2 aromatic heterocycles. The van der Waals surface area contributed by atoms with Crippen LogP contribution in [-0.4, -0.2) is 39.1 Å². The number of aryl methyl sites for hydroxylation is 1. The van der Waals surface area contributed by atoms with E-state index in [1.165, 1.54) is 12.8 Å². The smallest absolute Gasteiger partial charge is 0.133 e. The minimum absolute atomic E-state index is 0.463. The molecule has 0 radical (unpaired) electrons. The molecule has 23 heavy (non-hydrogen) atoms. The van der Waals surface area contributed by atoms with Crippen LogP contribution in [-0.2, 0) is 0 Å². The zero-order valence-corrected chi connectivity index (χ0v) is 13.4. The van der Waals surface area contributed by atoms with Gasteiger partial charge in [-0.2, -0.15) is 0 Å². The summed E-state index contributed by atoms with van der Waals surface area (Å²) < 4.78 is 0. The predicted molar refractivity (Wildman–Crippen MR) is 89.6 cm³/mol. The minimum atomic E-state index is 0.463. The van der Waals surface area contributed by atoms with Crippen molar-refractivity contribution in [1.29, 1.82) is 0 Å². The van der Waals surface area contributed by atoms with Gasteiger partial charge in [-0.25, -0.2) is 19.9 Å². The van der Waals surface area contributed by atoms with Crippen LogP contribution in [0.25, 0.3) is 0 Å². The van der Waals surface area contributed by atoms with E-state index in [4.69, 9.17) is 4.98 Å². The van der Waals surface area contributed by atoms with E-state index in [0.717, 1.165) is 49.1 Å². The second-order valence-electron chi connectivity index (χ2n) is 6.50. The van der Waals surface area contributed by atoms with Crippen LogP contribution in [0.15, 0.2) is 24.7 Å². The average molecular weight is 310 g/mol. The number of hydrogen-bond donors (Lipinski definition) is 1. The van der Waals surface area contributed by atoms with Gasteiger partial charge in [-0.1, -0.05) is 0 Å². The SMILES string of the molecule is Cc1cc(NC2CCN(c3ccnc(C4CC4)n3)CC2)ncn1. The molecule has 2 aliphatic rings. The van der Waals surface area contributed by atoms with Gasteiger partial charge in [0.15, 0.2) is 0 Å². The van der Waals surface area contributed by atoms with E-state index < -0.39 is 0 Å². The molecule has 1 aliphatic heterocycles. The lowest BCUT2D eigenvalue weighted by atomic mass is 10.1. The fraction of sp³-hybridized carbons (Fsp3) is 0.529. The van der Waals surface area contributed by atoms with Crippen molar-refractivity contribution in [3.8, 4) is 0 Å². The van der Waals surface area contributed by atoms with Gasteiger partial charge in [0.25, 0.3) is 0 Å². The van der Waals surface area contributed by atoms with Crippen molar-refractivity contribution in [3.05, 3.63) is 36.2 Å². The third-order valence-corrected chi connectivity index (χ3v) is 4.58. The molecule has 1 aliphatic carbocycles. The largest absolute Gasteiger partial charge is 0.367 e. The fourth-order valence-corrected chi connectivity index (χ4v) is 3.07. The first-order valence-electron chi connectivity index (χ1n) is 8.41. The van der Waals surface area contributed by atoms with Gasteiger partial charge in [0.05, 0.1) is 0 Å². The summed E-state index contributed by atoms with van der Waals surface area (Å²) in [5.74, 6) is 3.64. The summed E-state index contributed by atoms with van der Waals surface area (Å²) in [5, 5.41) is 3.52. The van der Waals surface area contributed by atoms with Gasteiger partial charge in [0.2, 0.25) is 0 Å². The Morgan fingerprint density at radius 2 is 1.91 bits per heavy atom. The number of anilines is 2. The Balaban J connectivity index is 1.36. The number of nitrogens with one attached hydrogen (secondary N) is 1. The minimum Gasteiger partial charge on any atom is -0.367 e. The molecule has 120 valence electrons. The Hall–Kier alpha value is -2.24. The Bertz CT molecular complexity index is 676. The zero-order chi connectivity index (χ0) is 15.6. The molecule has 1 saturated carbocycles. The molecule has 0 aromatic carbocycles. The Morgan fingerprint density at radius 3 is 2.65 bits per heavy atom. The maximum atomic E-state index is 4.75. The first kappa shape index (κ1) is 14.4. The molecule has 6 heteroatoms. The van der Waals surface area contributed by atoms with Crippen molar-refractivity contribution in [1.82, 2.24) is 19.9 Å². The summed E-state index contributed by atoms with van der Waals surface area (Å²) in [6.45, 7) is 4.02. The fourth-order valence-electron chi connectivity index (χ4n) is 3.07. The molecule has 0 amide bonds. The lowest BCUT2D eigenvalue weighted by molar-refractivity contribution is 0.521. The van der Waals surface area contributed by atoms with Crippen molar-refractivity contribution >= 4 is 11.6 Å². The molecular formula is C17H22N6. The van der Waals surface area contributed by atoms with Crippen molar-refractivity contribution in [3.63, 3.8) is 0 Å². The molecule has 2 aromatic rings. The molecule has 4 rings (SSSR count). The molecule has 1 saturated heterocycles. The highest BCUT2D eigenvalue weighted by Crippen LogP contribution is 2.38. The van der Waals surface area contributed by atoms with E-state index in [-0.39, 0.29) is 0 Å². The molecule has 0 unspecified atom stereocenters. The van der Waals surface area contributed by atoms with Crippen molar-refractivity contribution < 1.29 is 0 Å². The Labute approximate surface area is 136 Å². The first-order valence-corrected chi connectivity index (χ1v) is 8.41. The third-order valence-electron chi connectivity index (χ3n) is 4.58. The normalized spacial score (nSPS) is 18.9. The molecule has 0 spiro atoms. The van der Waals surface area contributed by atoms with E-state index in [2.05, 4.69) is 25.2 Å². The van der Waals surface area contributed by atoms with Gasteiger partial charge in [0, 0.05) is 43.0 Å². The molecule has 0 atom stereocenters. The Morgan fingerprint density at radius 1 is 1.09 bits per heavy atom. The van der Waals surface area contributed by atoms with E-state index >= 15 is 0 Å². The molecular weight excluding hydrogens is 288 g/mol. The second kappa shape index (κ2) is 6.10. The van der Waals surface area contributed by atoms with Crippen LogP contribution in [0.3, 0.4) is 0 Å². The van der Waals surface area contributed by atoms with Crippen LogP contribution in [0.2, 0.25) is 0 Å². The van der Waals surface area contributed by atoms with Crippen LogP contribution in [0.1, 0.15) is 43.1 Å². The standard InChI is InChI=1S/C17H22N6/c1-12-10-15(20-11-19-12)21-14-5-8-23(9-6-14)16-4-7-18-17(22-16)13-2-3-13/h4,7,10-11,13-14H,2-3,5-6,8-9H2,1H3,(H,19,20,21). The van der Waals surface area contributed by atoms with Crippen LogP contribution in [0.5, 0.6) is 0 Å². The van der Waals surface area contributed by atoms with E-state index in [0.29, 0.717) is 12.0 Å². The Kier molecular flexibility index (Phi) is 3.81. The van der Waals surface area contributed by atoms with Crippen LogP contribution < -0.4 is 10.2 Å². The second-order valence-corrected chi connectivity index (χ2v) is 6.50. The van der Waals surface area contributed by atoms with Crippen LogP contribution >= 0.6 is 0 Å².